The van der Waals surface area contributed by atoms with E-state index in [1.54, 1.807) is 52.3 Å². The number of rotatable bonds is 8. The van der Waals surface area contributed by atoms with Crippen molar-refractivity contribution in [2.24, 2.45) is 4.99 Å². The van der Waals surface area contributed by atoms with Gasteiger partial charge >= 0.3 is 5.97 Å². The smallest absolute Gasteiger partial charge is 0.338 e. The van der Waals surface area contributed by atoms with Crippen LogP contribution in [0.5, 0.6) is 23.0 Å². The number of benzene rings is 2. The van der Waals surface area contributed by atoms with Gasteiger partial charge in [-0.05, 0) is 77.9 Å². The second-order valence-corrected chi connectivity index (χ2v) is 11.3. The molecule has 0 radical (unpaired) electrons. The van der Waals surface area contributed by atoms with Crippen molar-refractivity contribution < 1.29 is 28.5 Å². The molecule has 2 heterocycles. The zero-order chi connectivity index (χ0) is 28.4. The molecule has 206 valence electrons. The molecule has 0 saturated carbocycles. The lowest BCUT2D eigenvalue weighted by molar-refractivity contribution is -0.139. The van der Waals surface area contributed by atoms with Crippen LogP contribution in [0.1, 0.15) is 31.0 Å². The lowest BCUT2D eigenvalue weighted by atomic mass is 9.95. The third kappa shape index (κ3) is 5.46. The number of fused-ring (bicyclic) bond motifs is 1. The molecule has 39 heavy (non-hydrogen) atoms. The predicted octanol–water partition coefficient (Wildman–Crippen LogP) is 4.20. The Morgan fingerprint density at radius 1 is 1.08 bits per heavy atom. The van der Waals surface area contributed by atoms with Crippen LogP contribution >= 0.6 is 49.9 Å². The lowest BCUT2D eigenvalue weighted by Crippen LogP contribution is -2.40. The summed E-state index contributed by atoms with van der Waals surface area (Å²) in [5.74, 6) is 1.58. The Morgan fingerprint density at radius 3 is 2.36 bits per heavy atom. The fourth-order valence-electron chi connectivity index (χ4n) is 4.34. The second-order valence-electron chi connectivity index (χ2n) is 8.27. The monoisotopic (exact) mass is 728 g/mol. The van der Waals surface area contributed by atoms with E-state index in [2.05, 4.69) is 43.5 Å². The first-order valence-electron chi connectivity index (χ1n) is 11.7. The minimum Gasteiger partial charge on any atom is -0.493 e. The van der Waals surface area contributed by atoms with Gasteiger partial charge in [0.15, 0.2) is 27.8 Å². The minimum atomic E-state index is -0.817. The molecule has 1 aromatic heterocycles. The van der Waals surface area contributed by atoms with Crippen LogP contribution in [0.2, 0.25) is 0 Å². The summed E-state index contributed by atoms with van der Waals surface area (Å²) >= 11 is 7.01. The number of nitrogens with zero attached hydrogens (tertiary/aromatic N) is 2. The highest BCUT2D eigenvalue weighted by molar-refractivity contribution is 14.1. The number of carbonyl (C=O) groups excluding carboxylic acids is 1. The highest BCUT2D eigenvalue weighted by atomic mass is 127. The van der Waals surface area contributed by atoms with Gasteiger partial charge < -0.3 is 23.7 Å². The van der Waals surface area contributed by atoms with Crippen LogP contribution in [0.25, 0.3) is 6.08 Å². The van der Waals surface area contributed by atoms with E-state index in [0.717, 1.165) is 9.13 Å². The van der Waals surface area contributed by atoms with Gasteiger partial charge in [0.25, 0.3) is 5.56 Å². The van der Waals surface area contributed by atoms with E-state index in [4.69, 9.17) is 23.7 Å². The number of hydrogen-bond acceptors (Lipinski definition) is 9. The number of halogens is 2. The van der Waals surface area contributed by atoms with Crippen LogP contribution in [0.4, 0.5) is 0 Å². The highest BCUT2D eigenvalue weighted by Crippen LogP contribution is 2.41. The molecule has 0 N–H and O–H groups in total. The number of methoxy groups -OCH3 is 4. The summed E-state index contributed by atoms with van der Waals surface area (Å²) in [6.07, 6.45) is 1.78. The normalized spacial score (nSPS) is 15.0. The molecular weight excluding hydrogens is 703 g/mol. The van der Waals surface area contributed by atoms with Crippen molar-refractivity contribution in [1.29, 1.82) is 0 Å². The Balaban J connectivity index is 2.00. The van der Waals surface area contributed by atoms with Crippen LogP contribution in [-0.2, 0) is 9.53 Å². The number of esters is 1. The molecule has 4 rings (SSSR count). The van der Waals surface area contributed by atoms with Crippen molar-refractivity contribution in [3.8, 4) is 23.0 Å². The van der Waals surface area contributed by atoms with Gasteiger partial charge in [0.1, 0.15) is 0 Å². The van der Waals surface area contributed by atoms with E-state index >= 15 is 0 Å². The summed E-state index contributed by atoms with van der Waals surface area (Å²) in [5.41, 5.74) is 1.81. The fraction of sp³-hybridized carbons (Fsp3) is 0.296. The summed E-state index contributed by atoms with van der Waals surface area (Å²) in [4.78, 5) is 32.3. The third-order valence-electron chi connectivity index (χ3n) is 6.07. The largest absolute Gasteiger partial charge is 0.493 e. The molecule has 1 aliphatic rings. The number of ether oxygens (including phenoxy) is 5. The maximum Gasteiger partial charge on any atom is 0.338 e. The number of thiazole rings is 1. The zero-order valence-corrected chi connectivity index (χ0v) is 26.6. The Kier molecular flexibility index (Phi) is 9.07. The van der Waals surface area contributed by atoms with Gasteiger partial charge in [0, 0.05) is 4.47 Å². The van der Waals surface area contributed by atoms with Gasteiger partial charge in [0.2, 0.25) is 0 Å². The van der Waals surface area contributed by atoms with Crippen molar-refractivity contribution in [1.82, 2.24) is 4.57 Å². The quantitative estimate of drug-likeness (QED) is 0.254. The van der Waals surface area contributed by atoms with Crippen molar-refractivity contribution in [2.75, 3.05) is 35.0 Å². The SMILES string of the molecule is CCOC(=O)C1=C(C)N=c2s/c(=C\c3cc(I)c(OC)c(OC)c3)c(=O)n2[C@@H]1c1cc(OC)c(OC)cc1Br. The number of aromatic nitrogens is 1. The fourth-order valence-corrected chi connectivity index (χ4v) is 6.77. The van der Waals surface area contributed by atoms with Crippen molar-refractivity contribution in [2.45, 2.75) is 19.9 Å². The molecule has 12 heteroatoms. The first-order chi connectivity index (χ1) is 18.7. The van der Waals surface area contributed by atoms with E-state index in [1.165, 1.54) is 30.1 Å². The minimum absolute atomic E-state index is 0.178. The van der Waals surface area contributed by atoms with E-state index < -0.39 is 12.0 Å². The van der Waals surface area contributed by atoms with E-state index in [9.17, 15) is 9.59 Å². The predicted molar refractivity (Wildman–Crippen MR) is 160 cm³/mol. The topological polar surface area (TPSA) is 97.6 Å². The van der Waals surface area contributed by atoms with Crippen LogP contribution in [-0.4, -0.2) is 45.6 Å². The van der Waals surface area contributed by atoms with Crippen molar-refractivity contribution in [3.63, 3.8) is 0 Å². The van der Waals surface area contributed by atoms with E-state index in [1.807, 2.05) is 6.07 Å². The van der Waals surface area contributed by atoms with Gasteiger partial charge in [-0.15, -0.1) is 0 Å². The molecule has 0 amide bonds. The molecule has 0 unspecified atom stereocenters. The molecule has 0 bridgehead atoms. The summed E-state index contributed by atoms with van der Waals surface area (Å²) < 4.78 is 30.7. The molecule has 3 aromatic rings. The Labute approximate surface area is 251 Å². The molecular formula is C27H26BrIN2O7S. The molecule has 2 aromatic carbocycles. The van der Waals surface area contributed by atoms with Gasteiger partial charge in [-0.2, -0.15) is 0 Å². The molecule has 0 fully saturated rings. The van der Waals surface area contributed by atoms with Crippen LogP contribution in [0, 0.1) is 3.57 Å². The Morgan fingerprint density at radius 2 is 1.74 bits per heavy atom. The first kappa shape index (κ1) is 29.2. The van der Waals surface area contributed by atoms with Crippen molar-refractivity contribution in [3.05, 3.63) is 74.4 Å². The molecule has 9 nitrogen and oxygen atoms in total. The summed E-state index contributed by atoms with van der Waals surface area (Å²) in [7, 11) is 6.20. The molecule has 1 atom stereocenters. The van der Waals surface area contributed by atoms with E-state index in [0.29, 0.717) is 48.1 Å². The Hall–Kier alpha value is -2.84. The van der Waals surface area contributed by atoms with Gasteiger partial charge in [-0.25, -0.2) is 9.79 Å². The highest BCUT2D eigenvalue weighted by Gasteiger charge is 2.35. The maximum atomic E-state index is 14.0. The summed E-state index contributed by atoms with van der Waals surface area (Å²) in [6, 6.07) is 6.38. The number of hydrogen-bond donors (Lipinski definition) is 0. The lowest BCUT2D eigenvalue weighted by Gasteiger charge is -2.26. The second kappa shape index (κ2) is 12.1. The maximum absolute atomic E-state index is 14.0. The molecule has 1 aliphatic heterocycles. The first-order valence-corrected chi connectivity index (χ1v) is 14.4. The number of carbonyl (C=O) groups is 1. The molecule has 0 saturated heterocycles. The third-order valence-corrected chi connectivity index (χ3v) is 8.54. The zero-order valence-electron chi connectivity index (χ0n) is 22.1. The van der Waals surface area contributed by atoms with Crippen LogP contribution in [0.15, 0.2) is 49.8 Å². The molecule has 0 aliphatic carbocycles. The standard InChI is InChI=1S/C27H26BrIN2O7S/c1-7-38-26(33)22-13(2)30-27-31(23(22)15-11-18(34-3)19(35-4)12-16(15)28)25(32)21(39-27)10-14-8-17(29)24(37-6)20(9-14)36-5/h8-12,23H,7H2,1-6H3/b21-10-/t23-/m1/s1. The molecule has 0 spiro atoms. The number of allylic oxidation sites excluding steroid dienone is 1. The van der Waals surface area contributed by atoms with Crippen molar-refractivity contribution >= 4 is 61.9 Å². The average Bonchev–Trinajstić information content (AvgIpc) is 3.21. The van der Waals surface area contributed by atoms with Gasteiger partial charge in [-0.3, -0.25) is 9.36 Å². The van der Waals surface area contributed by atoms with Gasteiger partial charge in [-0.1, -0.05) is 27.3 Å². The van der Waals surface area contributed by atoms with Crippen LogP contribution in [0.3, 0.4) is 0 Å². The van der Waals surface area contributed by atoms with Crippen LogP contribution < -0.4 is 33.8 Å². The average molecular weight is 729 g/mol. The van der Waals surface area contributed by atoms with E-state index in [-0.39, 0.29) is 17.7 Å². The summed E-state index contributed by atoms with van der Waals surface area (Å²) in [5, 5.41) is 0. The summed E-state index contributed by atoms with van der Waals surface area (Å²) in [6.45, 7) is 3.65. The Bertz CT molecular complexity index is 1660. The van der Waals surface area contributed by atoms with Gasteiger partial charge in [0.05, 0.1) is 60.5 Å².